The van der Waals surface area contributed by atoms with Crippen LogP contribution < -0.4 is 0 Å². The van der Waals surface area contributed by atoms with Crippen molar-refractivity contribution in [2.24, 2.45) is 0 Å². The van der Waals surface area contributed by atoms with Gasteiger partial charge in [0.25, 0.3) is 0 Å². The van der Waals surface area contributed by atoms with E-state index in [1.807, 2.05) is 6.92 Å². The van der Waals surface area contributed by atoms with Crippen LogP contribution in [0.3, 0.4) is 0 Å². The van der Waals surface area contributed by atoms with E-state index in [9.17, 15) is 9.59 Å². The molecule has 17 heavy (non-hydrogen) atoms. The largest absolute Gasteiger partial charge is 0.469 e. The Morgan fingerprint density at radius 2 is 2.00 bits per heavy atom. The fourth-order valence-corrected chi connectivity index (χ4v) is 1.73. The number of halogens is 1. The first-order valence-electron chi connectivity index (χ1n) is 5.47. The summed E-state index contributed by atoms with van der Waals surface area (Å²) in [5.74, 6) is -0.440. The van der Waals surface area contributed by atoms with Crippen LogP contribution in [0.2, 0.25) is 5.02 Å². The van der Waals surface area contributed by atoms with Crippen LogP contribution in [-0.4, -0.2) is 18.9 Å². The van der Waals surface area contributed by atoms with Gasteiger partial charge in [-0.05, 0) is 30.2 Å². The Morgan fingerprint density at radius 1 is 1.29 bits per heavy atom. The number of esters is 1. The highest BCUT2D eigenvalue weighted by Crippen LogP contribution is 2.19. The van der Waals surface area contributed by atoms with Gasteiger partial charge in [-0.2, -0.15) is 0 Å². The molecule has 0 radical (unpaired) electrons. The third-order valence-electron chi connectivity index (χ3n) is 2.53. The highest BCUT2D eigenvalue weighted by molar-refractivity contribution is 6.31. The normalized spacial score (nSPS) is 10.1. The molecule has 92 valence electrons. The summed E-state index contributed by atoms with van der Waals surface area (Å²) in [6, 6.07) is 5.18. The molecule has 0 unspecified atom stereocenters. The predicted molar refractivity (Wildman–Crippen MR) is 66.4 cm³/mol. The van der Waals surface area contributed by atoms with E-state index in [4.69, 9.17) is 11.6 Å². The Kier molecular flexibility index (Phi) is 5.16. The lowest BCUT2D eigenvalue weighted by Gasteiger charge is -2.05. The van der Waals surface area contributed by atoms with E-state index in [0.29, 0.717) is 10.6 Å². The van der Waals surface area contributed by atoms with Gasteiger partial charge in [-0.3, -0.25) is 9.59 Å². The van der Waals surface area contributed by atoms with Gasteiger partial charge in [0, 0.05) is 17.0 Å². The third kappa shape index (κ3) is 3.86. The minimum Gasteiger partial charge on any atom is -0.469 e. The van der Waals surface area contributed by atoms with Crippen LogP contribution in [0.5, 0.6) is 0 Å². The van der Waals surface area contributed by atoms with Gasteiger partial charge in [0.15, 0.2) is 5.78 Å². The number of ether oxygens (including phenoxy) is 1. The number of methoxy groups -OCH3 is 1. The summed E-state index contributed by atoms with van der Waals surface area (Å²) in [5, 5.41) is 0.664. The van der Waals surface area contributed by atoms with Crippen molar-refractivity contribution in [1.29, 1.82) is 0 Å². The van der Waals surface area contributed by atoms with Crippen molar-refractivity contribution in [1.82, 2.24) is 0 Å². The molecule has 0 heterocycles. The molecule has 0 aliphatic heterocycles. The molecule has 0 aliphatic rings. The molecule has 0 bridgehead atoms. The summed E-state index contributed by atoms with van der Waals surface area (Å²) in [5.41, 5.74) is 1.53. The summed E-state index contributed by atoms with van der Waals surface area (Å²) in [6.45, 7) is 1.98. The molecule has 0 fully saturated rings. The van der Waals surface area contributed by atoms with Crippen LogP contribution in [0.25, 0.3) is 0 Å². The number of hydrogen-bond donors (Lipinski definition) is 0. The number of hydrogen-bond acceptors (Lipinski definition) is 3. The smallest absolute Gasteiger partial charge is 0.305 e. The van der Waals surface area contributed by atoms with Crippen LogP contribution in [0, 0.1) is 0 Å². The third-order valence-corrected chi connectivity index (χ3v) is 2.90. The first-order chi connectivity index (χ1) is 8.08. The van der Waals surface area contributed by atoms with E-state index in [-0.39, 0.29) is 24.6 Å². The molecule has 3 nitrogen and oxygen atoms in total. The molecule has 1 rings (SSSR count). The second kappa shape index (κ2) is 6.40. The van der Waals surface area contributed by atoms with Crippen LogP contribution >= 0.6 is 11.6 Å². The van der Waals surface area contributed by atoms with Crippen LogP contribution in [0.4, 0.5) is 0 Å². The highest BCUT2D eigenvalue weighted by Gasteiger charge is 2.10. The van der Waals surface area contributed by atoms with Gasteiger partial charge in [-0.1, -0.05) is 18.5 Å². The maximum atomic E-state index is 11.8. The quantitative estimate of drug-likeness (QED) is 0.599. The molecular weight excluding hydrogens is 240 g/mol. The number of carbonyl (C=O) groups is 2. The fourth-order valence-electron chi connectivity index (χ4n) is 1.48. The molecule has 0 saturated carbocycles. The summed E-state index contributed by atoms with van der Waals surface area (Å²) in [6.07, 6.45) is 1.05. The lowest BCUT2D eigenvalue weighted by molar-refractivity contribution is -0.140. The molecule has 0 saturated heterocycles. The average Bonchev–Trinajstić information content (AvgIpc) is 2.35. The van der Waals surface area contributed by atoms with Crippen molar-refractivity contribution in [3.05, 3.63) is 34.3 Å². The second-order valence-corrected chi connectivity index (χ2v) is 4.07. The summed E-state index contributed by atoms with van der Waals surface area (Å²) < 4.78 is 4.49. The highest BCUT2D eigenvalue weighted by atomic mass is 35.5. The number of carbonyl (C=O) groups excluding carboxylic acids is 2. The van der Waals surface area contributed by atoms with Gasteiger partial charge in [-0.15, -0.1) is 0 Å². The maximum absolute atomic E-state index is 11.8. The first-order valence-corrected chi connectivity index (χ1v) is 5.84. The molecule has 1 aromatic rings. The standard InChI is InChI=1S/C13H15ClO3/c1-3-9-8-10(4-5-11(9)14)12(15)6-7-13(16)17-2/h4-5,8H,3,6-7H2,1-2H3. The van der Waals surface area contributed by atoms with E-state index in [1.54, 1.807) is 18.2 Å². The van der Waals surface area contributed by atoms with Crippen LogP contribution in [-0.2, 0) is 16.0 Å². The topological polar surface area (TPSA) is 43.4 Å². The average molecular weight is 255 g/mol. The Labute approximate surface area is 106 Å². The van der Waals surface area contributed by atoms with Gasteiger partial charge in [0.05, 0.1) is 13.5 Å². The summed E-state index contributed by atoms with van der Waals surface area (Å²) in [4.78, 5) is 22.7. The summed E-state index contributed by atoms with van der Waals surface area (Å²) in [7, 11) is 1.31. The first kappa shape index (κ1) is 13.7. The molecule has 1 aromatic carbocycles. The lowest BCUT2D eigenvalue weighted by Crippen LogP contribution is -2.06. The van der Waals surface area contributed by atoms with E-state index >= 15 is 0 Å². The van der Waals surface area contributed by atoms with E-state index < -0.39 is 0 Å². The van der Waals surface area contributed by atoms with Crippen LogP contribution in [0.15, 0.2) is 18.2 Å². The number of rotatable bonds is 5. The van der Waals surface area contributed by atoms with E-state index in [0.717, 1.165) is 12.0 Å². The van der Waals surface area contributed by atoms with Crippen molar-refractivity contribution in [2.45, 2.75) is 26.2 Å². The number of Topliss-reactive ketones (excluding diaryl/α,β-unsaturated/α-hetero) is 1. The van der Waals surface area contributed by atoms with Crippen molar-refractivity contribution < 1.29 is 14.3 Å². The van der Waals surface area contributed by atoms with Crippen molar-refractivity contribution in [3.8, 4) is 0 Å². The Hall–Kier alpha value is -1.35. The van der Waals surface area contributed by atoms with Gasteiger partial charge < -0.3 is 4.74 Å². The molecule has 0 N–H and O–H groups in total. The van der Waals surface area contributed by atoms with Crippen LogP contribution in [0.1, 0.15) is 35.7 Å². The predicted octanol–water partition coefficient (Wildman–Crippen LogP) is 3.04. The summed E-state index contributed by atoms with van der Waals surface area (Å²) >= 11 is 5.97. The molecule has 0 spiro atoms. The second-order valence-electron chi connectivity index (χ2n) is 3.66. The maximum Gasteiger partial charge on any atom is 0.305 e. The molecule has 0 aliphatic carbocycles. The molecular formula is C13H15ClO3. The van der Waals surface area contributed by atoms with Crippen molar-refractivity contribution in [2.75, 3.05) is 7.11 Å². The number of aryl methyl sites for hydroxylation is 1. The Morgan fingerprint density at radius 3 is 2.59 bits per heavy atom. The van der Waals surface area contributed by atoms with Gasteiger partial charge >= 0.3 is 5.97 Å². The Bertz CT molecular complexity index is 427. The molecule has 0 atom stereocenters. The molecule has 0 aromatic heterocycles. The van der Waals surface area contributed by atoms with Crippen molar-refractivity contribution >= 4 is 23.4 Å². The zero-order valence-electron chi connectivity index (χ0n) is 9.96. The molecule has 0 amide bonds. The SMILES string of the molecule is CCc1cc(C(=O)CCC(=O)OC)ccc1Cl. The zero-order chi connectivity index (χ0) is 12.8. The van der Waals surface area contributed by atoms with Crippen molar-refractivity contribution in [3.63, 3.8) is 0 Å². The fraction of sp³-hybridized carbons (Fsp3) is 0.385. The monoisotopic (exact) mass is 254 g/mol. The minimum absolute atomic E-state index is 0.0678. The van der Waals surface area contributed by atoms with Gasteiger partial charge in [0.1, 0.15) is 0 Å². The number of benzene rings is 1. The molecule has 4 heteroatoms. The number of ketones is 1. The van der Waals surface area contributed by atoms with Gasteiger partial charge in [0.2, 0.25) is 0 Å². The lowest BCUT2D eigenvalue weighted by atomic mass is 10.0. The zero-order valence-corrected chi connectivity index (χ0v) is 10.7. The van der Waals surface area contributed by atoms with Gasteiger partial charge in [-0.25, -0.2) is 0 Å². The Balaban J connectivity index is 2.72. The van der Waals surface area contributed by atoms with E-state index in [2.05, 4.69) is 4.74 Å². The minimum atomic E-state index is -0.372. The van der Waals surface area contributed by atoms with E-state index in [1.165, 1.54) is 7.11 Å².